The molecule has 0 radical (unpaired) electrons. The molecule has 0 aromatic heterocycles. The van der Waals surface area contributed by atoms with Crippen LogP contribution in [0.25, 0.3) is 0 Å². The van der Waals surface area contributed by atoms with Gasteiger partial charge in [-0.05, 0) is 92.9 Å². The molecule has 4 unspecified atom stereocenters. The van der Waals surface area contributed by atoms with Gasteiger partial charge in [-0.25, -0.2) is 13.6 Å². The fraction of sp³-hybridized carbons (Fsp3) is 0.444. The van der Waals surface area contributed by atoms with Crippen molar-refractivity contribution >= 4 is 5.97 Å². The van der Waals surface area contributed by atoms with Gasteiger partial charge in [0.1, 0.15) is 0 Å². The summed E-state index contributed by atoms with van der Waals surface area (Å²) >= 11 is 0. The van der Waals surface area contributed by atoms with Crippen molar-refractivity contribution in [3.05, 3.63) is 70.8 Å². The Morgan fingerprint density at radius 2 is 1.53 bits per heavy atom. The second-order valence-electron chi connectivity index (χ2n) is 9.24. The molecule has 0 aliphatic heterocycles. The topological polar surface area (TPSA) is 35.5 Å². The monoisotopic (exact) mass is 476 g/mol. The van der Waals surface area contributed by atoms with Gasteiger partial charge in [-0.1, -0.05) is 18.2 Å². The van der Waals surface area contributed by atoms with Crippen LogP contribution in [0.2, 0.25) is 0 Å². The average molecular weight is 477 g/mol. The minimum Gasteiger partial charge on any atom is -0.494 e. The highest BCUT2D eigenvalue weighted by molar-refractivity contribution is 5.91. The highest BCUT2D eigenvalue weighted by Crippen LogP contribution is 2.48. The van der Waals surface area contributed by atoms with E-state index in [-0.39, 0.29) is 17.2 Å². The minimum atomic E-state index is -1.45. The Morgan fingerprint density at radius 1 is 0.853 bits per heavy atom. The maximum atomic E-state index is 15.0. The van der Waals surface area contributed by atoms with Crippen molar-refractivity contribution in [1.29, 1.82) is 0 Å². The summed E-state index contributed by atoms with van der Waals surface area (Å²) in [4.78, 5) is 12.4. The predicted octanol–water partition coefficient (Wildman–Crippen LogP) is 7.35. The average Bonchev–Trinajstić information content (AvgIpc) is 2.83. The van der Waals surface area contributed by atoms with Gasteiger partial charge in [0.05, 0.1) is 12.7 Å². The summed E-state index contributed by atoms with van der Waals surface area (Å²) in [7, 11) is 1.16. The molecule has 2 aliphatic rings. The highest BCUT2D eigenvalue weighted by atomic mass is 19.2. The number of methoxy groups -OCH3 is 1. The Hall–Kier alpha value is -2.83. The van der Waals surface area contributed by atoms with Gasteiger partial charge in [-0.3, -0.25) is 0 Å². The molecule has 7 heteroatoms. The number of allylic oxidation sites excluding steroid dienone is 2. The molecule has 0 N–H and O–H groups in total. The molecule has 4 rings (SSSR count). The third-order valence-electron chi connectivity index (χ3n) is 7.32. The third-order valence-corrected chi connectivity index (χ3v) is 7.32. The van der Waals surface area contributed by atoms with Crippen LogP contribution in [0.4, 0.5) is 17.6 Å². The van der Waals surface area contributed by atoms with Crippen LogP contribution in [-0.4, -0.2) is 13.1 Å². The molecular weight excluding hydrogens is 448 g/mol. The number of hydrogen-bond donors (Lipinski definition) is 0. The van der Waals surface area contributed by atoms with Crippen molar-refractivity contribution in [3.8, 4) is 11.5 Å². The van der Waals surface area contributed by atoms with Crippen LogP contribution in [0.1, 0.15) is 67.3 Å². The Kier molecular flexibility index (Phi) is 7.29. The Morgan fingerprint density at radius 3 is 2.26 bits per heavy atom. The summed E-state index contributed by atoms with van der Waals surface area (Å²) < 4.78 is 67.3. The third kappa shape index (κ3) is 4.70. The lowest BCUT2D eigenvalue weighted by atomic mass is 9.64. The molecule has 2 saturated carbocycles. The SMILES string of the molecule is C/C=C/C1CCC2CC(c3ccc(C(=O)Oc4ccc(OC)c(F)c4F)c(F)c3F)CCC2C1. The van der Waals surface area contributed by atoms with E-state index in [1.807, 2.05) is 6.92 Å². The largest absolute Gasteiger partial charge is 0.494 e. The van der Waals surface area contributed by atoms with Gasteiger partial charge >= 0.3 is 5.97 Å². The fourth-order valence-corrected chi connectivity index (χ4v) is 5.60. The van der Waals surface area contributed by atoms with E-state index in [4.69, 9.17) is 4.74 Å². The highest BCUT2D eigenvalue weighted by Gasteiger charge is 2.37. The van der Waals surface area contributed by atoms with E-state index >= 15 is 4.39 Å². The number of benzene rings is 2. The molecule has 0 bridgehead atoms. The maximum Gasteiger partial charge on any atom is 0.346 e. The molecule has 0 heterocycles. The van der Waals surface area contributed by atoms with Crippen LogP contribution < -0.4 is 9.47 Å². The molecule has 2 aromatic carbocycles. The number of halogens is 4. The quantitative estimate of drug-likeness (QED) is 0.196. The van der Waals surface area contributed by atoms with Gasteiger partial charge in [-0.2, -0.15) is 8.78 Å². The van der Waals surface area contributed by atoms with E-state index in [9.17, 15) is 18.0 Å². The second-order valence-corrected chi connectivity index (χ2v) is 9.24. The van der Waals surface area contributed by atoms with Crippen LogP contribution in [0.3, 0.4) is 0 Å². The zero-order valence-electron chi connectivity index (χ0n) is 19.3. The number of fused-ring (bicyclic) bond motifs is 1. The molecule has 0 saturated heterocycles. The molecule has 182 valence electrons. The van der Waals surface area contributed by atoms with Crippen molar-refractivity contribution < 1.29 is 31.8 Å². The lowest BCUT2D eigenvalue weighted by molar-refractivity contribution is 0.0720. The Labute approximate surface area is 196 Å². The molecule has 0 amide bonds. The molecule has 0 spiro atoms. The van der Waals surface area contributed by atoms with E-state index in [0.29, 0.717) is 17.8 Å². The summed E-state index contributed by atoms with van der Waals surface area (Å²) in [6, 6.07) is 4.63. The van der Waals surface area contributed by atoms with Crippen LogP contribution in [0, 0.1) is 41.0 Å². The van der Waals surface area contributed by atoms with Gasteiger partial charge < -0.3 is 9.47 Å². The number of carbonyl (C=O) groups excluding carboxylic acids is 1. The summed E-state index contributed by atoms with van der Waals surface area (Å²) in [5.41, 5.74) is -0.415. The molecule has 4 atom stereocenters. The Bertz CT molecular complexity index is 1100. The van der Waals surface area contributed by atoms with Crippen LogP contribution in [0.15, 0.2) is 36.4 Å². The van der Waals surface area contributed by atoms with Crippen molar-refractivity contribution in [2.45, 2.75) is 51.4 Å². The fourth-order valence-electron chi connectivity index (χ4n) is 5.60. The van der Waals surface area contributed by atoms with Crippen molar-refractivity contribution in [3.63, 3.8) is 0 Å². The first-order valence-corrected chi connectivity index (χ1v) is 11.7. The molecule has 2 aromatic rings. The summed E-state index contributed by atoms with van der Waals surface area (Å²) in [5.74, 6) is -6.05. The number of ether oxygens (including phenoxy) is 2. The predicted molar refractivity (Wildman–Crippen MR) is 120 cm³/mol. The van der Waals surface area contributed by atoms with Gasteiger partial charge in [0.25, 0.3) is 0 Å². The number of esters is 1. The van der Waals surface area contributed by atoms with Gasteiger partial charge in [-0.15, -0.1) is 0 Å². The lowest BCUT2D eigenvalue weighted by Gasteiger charge is -2.42. The standard InChI is InChI=1S/C27H28F4O3/c1-3-4-15-5-6-17-14-18(8-7-16(17)13-15)19-9-10-20(24(29)23(19)28)27(32)34-22-12-11-21(33-2)25(30)26(22)31/h3-4,9-12,15-18H,5-8,13-14H2,1-2H3/b4-3+. The summed E-state index contributed by atoms with van der Waals surface area (Å²) in [5, 5.41) is 0. The second kappa shape index (κ2) is 10.2. The van der Waals surface area contributed by atoms with E-state index in [1.165, 1.54) is 6.07 Å². The van der Waals surface area contributed by atoms with E-state index in [1.54, 1.807) is 0 Å². The van der Waals surface area contributed by atoms with E-state index in [0.717, 1.165) is 63.8 Å². The zero-order chi connectivity index (χ0) is 24.4. The number of rotatable bonds is 5. The van der Waals surface area contributed by atoms with E-state index in [2.05, 4.69) is 16.9 Å². The zero-order valence-corrected chi connectivity index (χ0v) is 19.3. The summed E-state index contributed by atoms with van der Waals surface area (Å²) in [6.45, 7) is 2.03. The maximum absolute atomic E-state index is 15.0. The van der Waals surface area contributed by atoms with Gasteiger partial charge in [0.15, 0.2) is 23.1 Å². The molecular formula is C27H28F4O3. The van der Waals surface area contributed by atoms with E-state index < -0.39 is 40.6 Å². The summed E-state index contributed by atoms with van der Waals surface area (Å²) in [6.07, 6.45) is 10.2. The van der Waals surface area contributed by atoms with Gasteiger partial charge in [0.2, 0.25) is 11.6 Å². The first-order valence-electron chi connectivity index (χ1n) is 11.7. The normalized spacial score (nSPS) is 24.6. The smallest absolute Gasteiger partial charge is 0.346 e. The minimum absolute atomic E-state index is 0.118. The Balaban J connectivity index is 1.49. The first-order chi connectivity index (χ1) is 16.3. The molecule has 2 aliphatic carbocycles. The van der Waals surface area contributed by atoms with Crippen LogP contribution >= 0.6 is 0 Å². The number of hydrogen-bond acceptors (Lipinski definition) is 3. The molecule has 3 nitrogen and oxygen atoms in total. The van der Waals surface area contributed by atoms with Crippen LogP contribution in [0.5, 0.6) is 11.5 Å². The van der Waals surface area contributed by atoms with Crippen molar-refractivity contribution in [1.82, 2.24) is 0 Å². The lowest BCUT2D eigenvalue weighted by Crippen LogP contribution is -2.30. The van der Waals surface area contributed by atoms with Crippen molar-refractivity contribution in [2.24, 2.45) is 17.8 Å². The van der Waals surface area contributed by atoms with Gasteiger partial charge in [0, 0.05) is 0 Å². The first kappa shape index (κ1) is 24.3. The molecule has 34 heavy (non-hydrogen) atoms. The van der Waals surface area contributed by atoms with Crippen molar-refractivity contribution in [2.75, 3.05) is 7.11 Å². The molecule has 2 fully saturated rings. The number of carbonyl (C=O) groups is 1. The van der Waals surface area contributed by atoms with Crippen LogP contribution in [-0.2, 0) is 0 Å².